The Morgan fingerprint density at radius 1 is 1.00 bits per heavy atom. The molecule has 0 aromatic heterocycles. The Kier molecular flexibility index (Phi) is 4.55. The van der Waals surface area contributed by atoms with Gasteiger partial charge < -0.3 is 9.47 Å². The second kappa shape index (κ2) is 6.22. The van der Waals surface area contributed by atoms with Gasteiger partial charge in [-0.05, 0) is 30.5 Å². The lowest BCUT2D eigenvalue weighted by Crippen LogP contribution is -2.17. The molecule has 0 N–H and O–H groups in total. The number of carbonyl (C=O) groups is 1. The summed E-state index contributed by atoms with van der Waals surface area (Å²) in [6.45, 7) is 8.33. The van der Waals surface area contributed by atoms with E-state index in [0.717, 1.165) is 11.1 Å². The predicted octanol–water partition coefficient (Wildman–Crippen LogP) is 4.52. The van der Waals surface area contributed by atoms with E-state index in [-0.39, 0.29) is 5.41 Å². The molecule has 0 fully saturated rings. The number of rotatable bonds is 3. The molecule has 0 unspecified atom stereocenters. The van der Waals surface area contributed by atoms with E-state index in [1.54, 1.807) is 25.3 Å². The zero-order valence-corrected chi connectivity index (χ0v) is 13.8. The summed E-state index contributed by atoms with van der Waals surface area (Å²) in [7, 11) is 1.54. The van der Waals surface area contributed by atoms with Crippen molar-refractivity contribution in [3.8, 4) is 11.5 Å². The van der Waals surface area contributed by atoms with Crippen LogP contribution in [-0.4, -0.2) is 13.1 Å². The molecule has 0 bridgehead atoms. The van der Waals surface area contributed by atoms with Crippen LogP contribution in [0.15, 0.2) is 42.5 Å². The molecular formula is C19H22O3. The van der Waals surface area contributed by atoms with Gasteiger partial charge in [0.1, 0.15) is 17.1 Å². The molecule has 2 aromatic carbocycles. The molecule has 0 saturated heterocycles. The minimum atomic E-state index is -0.410. The Hall–Kier alpha value is -2.29. The normalized spacial score (nSPS) is 11.1. The summed E-state index contributed by atoms with van der Waals surface area (Å²) in [6, 6.07) is 12.9. The van der Waals surface area contributed by atoms with Crippen LogP contribution < -0.4 is 9.47 Å². The fourth-order valence-electron chi connectivity index (χ4n) is 2.29. The third kappa shape index (κ3) is 3.48. The lowest BCUT2D eigenvalue weighted by atomic mass is 9.85. The van der Waals surface area contributed by atoms with Gasteiger partial charge in [0.25, 0.3) is 0 Å². The number of hydrogen-bond acceptors (Lipinski definition) is 3. The molecular weight excluding hydrogens is 276 g/mol. The van der Waals surface area contributed by atoms with Crippen LogP contribution in [0.1, 0.15) is 42.3 Å². The highest BCUT2D eigenvalue weighted by atomic mass is 16.5. The van der Waals surface area contributed by atoms with Crippen molar-refractivity contribution in [1.29, 1.82) is 0 Å². The first-order valence-corrected chi connectivity index (χ1v) is 7.29. The van der Waals surface area contributed by atoms with Gasteiger partial charge in [0.05, 0.1) is 7.11 Å². The Balaban J connectivity index is 2.37. The summed E-state index contributed by atoms with van der Waals surface area (Å²) in [5.74, 6) is 0.692. The van der Waals surface area contributed by atoms with Crippen molar-refractivity contribution >= 4 is 5.97 Å². The number of esters is 1. The molecule has 3 heteroatoms. The minimum Gasteiger partial charge on any atom is -0.496 e. The van der Waals surface area contributed by atoms with Gasteiger partial charge >= 0.3 is 5.97 Å². The Morgan fingerprint density at radius 2 is 1.68 bits per heavy atom. The molecule has 22 heavy (non-hydrogen) atoms. The highest BCUT2D eigenvalue weighted by Gasteiger charge is 2.22. The molecule has 0 amide bonds. The van der Waals surface area contributed by atoms with Crippen LogP contribution in [0.5, 0.6) is 11.5 Å². The maximum absolute atomic E-state index is 12.5. The lowest BCUT2D eigenvalue weighted by Gasteiger charge is -2.23. The largest absolute Gasteiger partial charge is 0.496 e. The third-order valence-corrected chi connectivity index (χ3v) is 3.47. The van der Waals surface area contributed by atoms with Crippen molar-refractivity contribution in [3.05, 3.63) is 59.2 Å². The average molecular weight is 298 g/mol. The van der Waals surface area contributed by atoms with E-state index in [2.05, 4.69) is 26.8 Å². The molecule has 2 aromatic rings. The van der Waals surface area contributed by atoms with E-state index >= 15 is 0 Å². The van der Waals surface area contributed by atoms with E-state index in [0.29, 0.717) is 17.1 Å². The Bertz CT molecular complexity index is 681. The molecule has 0 heterocycles. The first kappa shape index (κ1) is 16.1. The quantitative estimate of drug-likeness (QED) is 0.617. The van der Waals surface area contributed by atoms with Crippen molar-refractivity contribution in [2.75, 3.05) is 7.11 Å². The summed E-state index contributed by atoms with van der Waals surface area (Å²) in [4.78, 5) is 12.5. The van der Waals surface area contributed by atoms with Gasteiger partial charge in [0.2, 0.25) is 0 Å². The summed E-state index contributed by atoms with van der Waals surface area (Å²) >= 11 is 0. The summed E-state index contributed by atoms with van der Waals surface area (Å²) in [6.07, 6.45) is 0. The standard InChI is InChI=1S/C19H22O3/c1-13-10-11-17(15(12-13)19(2,3)4)22-18(20)14-8-6-7-9-16(14)21-5/h6-12H,1-5H3. The monoisotopic (exact) mass is 298 g/mol. The molecule has 0 spiro atoms. The summed E-state index contributed by atoms with van der Waals surface area (Å²) < 4.78 is 10.9. The molecule has 116 valence electrons. The number of carbonyl (C=O) groups excluding carboxylic acids is 1. The van der Waals surface area contributed by atoms with Gasteiger partial charge in [0.15, 0.2) is 0 Å². The summed E-state index contributed by atoms with van der Waals surface area (Å²) in [5.41, 5.74) is 2.46. The van der Waals surface area contributed by atoms with E-state index in [4.69, 9.17) is 9.47 Å². The molecule has 0 atom stereocenters. The highest BCUT2D eigenvalue weighted by molar-refractivity contribution is 5.94. The lowest BCUT2D eigenvalue weighted by molar-refractivity contribution is 0.0728. The molecule has 3 nitrogen and oxygen atoms in total. The number of ether oxygens (including phenoxy) is 2. The number of benzene rings is 2. The molecule has 0 aliphatic heterocycles. The van der Waals surface area contributed by atoms with Crippen molar-refractivity contribution < 1.29 is 14.3 Å². The fourth-order valence-corrected chi connectivity index (χ4v) is 2.29. The molecule has 2 rings (SSSR count). The SMILES string of the molecule is COc1ccccc1C(=O)Oc1ccc(C)cc1C(C)(C)C. The van der Waals surface area contributed by atoms with Gasteiger partial charge in [-0.15, -0.1) is 0 Å². The zero-order chi connectivity index (χ0) is 16.3. The van der Waals surface area contributed by atoms with Gasteiger partial charge in [-0.2, -0.15) is 0 Å². The van der Waals surface area contributed by atoms with Crippen LogP contribution in [0.4, 0.5) is 0 Å². The molecule has 0 saturated carbocycles. The second-order valence-electron chi connectivity index (χ2n) is 6.34. The number of hydrogen-bond donors (Lipinski definition) is 0. The first-order valence-electron chi connectivity index (χ1n) is 7.29. The molecule has 0 aliphatic carbocycles. The van der Waals surface area contributed by atoms with E-state index in [9.17, 15) is 4.79 Å². The number of para-hydroxylation sites is 1. The third-order valence-electron chi connectivity index (χ3n) is 3.47. The number of aryl methyl sites for hydroxylation is 1. The average Bonchev–Trinajstić information content (AvgIpc) is 2.48. The van der Waals surface area contributed by atoms with Crippen molar-refractivity contribution in [3.63, 3.8) is 0 Å². The maximum atomic E-state index is 12.5. The smallest absolute Gasteiger partial charge is 0.347 e. The van der Waals surface area contributed by atoms with Crippen LogP contribution >= 0.6 is 0 Å². The van der Waals surface area contributed by atoms with Crippen LogP contribution in [-0.2, 0) is 5.41 Å². The number of methoxy groups -OCH3 is 1. The Labute approximate surface area is 131 Å². The maximum Gasteiger partial charge on any atom is 0.347 e. The van der Waals surface area contributed by atoms with Crippen LogP contribution in [0.2, 0.25) is 0 Å². The highest BCUT2D eigenvalue weighted by Crippen LogP contribution is 2.33. The summed E-state index contributed by atoms with van der Waals surface area (Å²) in [5, 5.41) is 0. The predicted molar refractivity (Wildman–Crippen MR) is 87.8 cm³/mol. The molecule has 0 aliphatic rings. The topological polar surface area (TPSA) is 35.5 Å². The van der Waals surface area contributed by atoms with Gasteiger partial charge in [-0.1, -0.05) is 50.6 Å². The van der Waals surface area contributed by atoms with Crippen molar-refractivity contribution in [2.24, 2.45) is 0 Å². The van der Waals surface area contributed by atoms with Gasteiger partial charge in [0, 0.05) is 5.56 Å². The molecule has 0 radical (unpaired) electrons. The first-order chi connectivity index (χ1) is 10.3. The van der Waals surface area contributed by atoms with Crippen molar-refractivity contribution in [2.45, 2.75) is 33.1 Å². The van der Waals surface area contributed by atoms with E-state index < -0.39 is 5.97 Å². The van der Waals surface area contributed by atoms with Gasteiger partial charge in [-0.25, -0.2) is 4.79 Å². The van der Waals surface area contributed by atoms with Gasteiger partial charge in [-0.3, -0.25) is 0 Å². The second-order valence-corrected chi connectivity index (χ2v) is 6.34. The van der Waals surface area contributed by atoms with E-state index in [1.807, 2.05) is 25.1 Å². The van der Waals surface area contributed by atoms with Crippen LogP contribution in [0.3, 0.4) is 0 Å². The Morgan fingerprint density at radius 3 is 2.32 bits per heavy atom. The van der Waals surface area contributed by atoms with E-state index in [1.165, 1.54) is 0 Å². The van der Waals surface area contributed by atoms with Crippen LogP contribution in [0, 0.1) is 6.92 Å². The van der Waals surface area contributed by atoms with Crippen LogP contribution in [0.25, 0.3) is 0 Å². The zero-order valence-electron chi connectivity index (χ0n) is 13.8. The van der Waals surface area contributed by atoms with Crippen molar-refractivity contribution in [1.82, 2.24) is 0 Å². The minimum absolute atomic E-state index is 0.109. The fraction of sp³-hybridized carbons (Fsp3) is 0.316.